The summed E-state index contributed by atoms with van der Waals surface area (Å²) in [7, 11) is 0. The number of carboxylic acids is 1. The number of carboxylic acid groups (broad SMARTS) is 1. The lowest BCUT2D eigenvalue weighted by Gasteiger charge is -2.13. The first-order valence-electron chi connectivity index (χ1n) is 6.52. The molecule has 5 nitrogen and oxygen atoms in total. The van der Waals surface area contributed by atoms with Gasteiger partial charge in [0.15, 0.2) is 0 Å². The molecule has 2 amide bonds. The topological polar surface area (TPSA) is 78.4 Å². The number of aliphatic carboxylic acids is 1. The Kier molecular flexibility index (Phi) is 4.04. The van der Waals surface area contributed by atoms with Gasteiger partial charge in [-0.1, -0.05) is 13.0 Å². The first kappa shape index (κ1) is 13.4. The molecule has 5 heteroatoms. The maximum atomic E-state index is 11.7. The molecule has 0 saturated heterocycles. The van der Waals surface area contributed by atoms with Crippen LogP contribution in [0.3, 0.4) is 0 Å². The molecule has 1 aromatic carbocycles. The summed E-state index contributed by atoms with van der Waals surface area (Å²) in [5.41, 5.74) is 3.31. The highest BCUT2D eigenvalue weighted by Gasteiger charge is 2.18. The zero-order valence-corrected chi connectivity index (χ0v) is 10.9. The molecule has 0 heterocycles. The molecule has 19 heavy (non-hydrogen) atoms. The van der Waals surface area contributed by atoms with E-state index in [0.717, 1.165) is 19.3 Å². The number of hydrogen-bond donors (Lipinski definition) is 3. The minimum Gasteiger partial charge on any atom is -0.480 e. The fourth-order valence-corrected chi connectivity index (χ4v) is 2.31. The average Bonchev–Trinajstić information content (AvgIpc) is 2.82. The molecule has 0 aliphatic heterocycles. The number of aryl methyl sites for hydroxylation is 2. The van der Waals surface area contributed by atoms with Crippen molar-refractivity contribution in [1.29, 1.82) is 0 Å². The number of fused-ring (bicyclic) bond motifs is 1. The molecule has 3 N–H and O–H groups in total. The summed E-state index contributed by atoms with van der Waals surface area (Å²) >= 11 is 0. The fraction of sp³-hybridized carbons (Fsp3) is 0.429. The van der Waals surface area contributed by atoms with Crippen molar-refractivity contribution in [2.24, 2.45) is 0 Å². The van der Waals surface area contributed by atoms with E-state index in [1.807, 2.05) is 18.2 Å². The molecule has 1 aliphatic carbocycles. The number of nitrogens with one attached hydrogen (secondary N) is 2. The Morgan fingerprint density at radius 2 is 2.05 bits per heavy atom. The number of urea groups is 1. The summed E-state index contributed by atoms with van der Waals surface area (Å²) in [4.78, 5) is 22.5. The van der Waals surface area contributed by atoms with Crippen LogP contribution in [0.2, 0.25) is 0 Å². The lowest BCUT2D eigenvalue weighted by Crippen LogP contribution is -2.42. The third kappa shape index (κ3) is 3.24. The van der Waals surface area contributed by atoms with Gasteiger partial charge in [-0.15, -0.1) is 0 Å². The summed E-state index contributed by atoms with van der Waals surface area (Å²) < 4.78 is 0. The standard InChI is InChI=1S/C14H18N2O3/c1-2-12(13(17)18)16-14(19)15-11-7-6-9-4-3-5-10(9)8-11/h6-8,12H,2-5H2,1H3,(H,17,18)(H2,15,16,19)/t12-/m0/s1. The Balaban J connectivity index is 1.97. The molecule has 0 fully saturated rings. The smallest absolute Gasteiger partial charge is 0.326 e. The van der Waals surface area contributed by atoms with Crippen molar-refractivity contribution in [2.75, 3.05) is 5.32 Å². The van der Waals surface area contributed by atoms with Crippen molar-refractivity contribution in [3.8, 4) is 0 Å². The van der Waals surface area contributed by atoms with Crippen molar-refractivity contribution in [1.82, 2.24) is 5.32 Å². The van der Waals surface area contributed by atoms with E-state index in [9.17, 15) is 9.59 Å². The number of anilines is 1. The monoisotopic (exact) mass is 262 g/mol. The van der Waals surface area contributed by atoms with Crippen LogP contribution >= 0.6 is 0 Å². The molecule has 0 saturated carbocycles. The van der Waals surface area contributed by atoms with Crippen LogP contribution in [0.5, 0.6) is 0 Å². The van der Waals surface area contributed by atoms with E-state index in [0.29, 0.717) is 12.1 Å². The van der Waals surface area contributed by atoms with Crippen molar-refractivity contribution in [2.45, 2.75) is 38.6 Å². The molecule has 102 valence electrons. The van der Waals surface area contributed by atoms with Crippen molar-refractivity contribution in [3.05, 3.63) is 29.3 Å². The van der Waals surface area contributed by atoms with E-state index in [4.69, 9.17) is 5.11 Å². The molecule has 0 unspecified atom stereocenters. The van der Waals surface area contributed by atoms with Gasteiger partial charge in [0.25, 0.3) is 0 Å². The van der Waals surface area contributed by atoms with Crippen LogP contribution in [0.25, 0.3) is 0 Å². The minimum absolute atomic E-state index is 0.354. The number of carbonyl (C=O) groups is 2. The summed E-state index contributed by atoms with van der Waals surface area (Å²) in [5, 5.41) is 14.0. The van der Waals surface area contributed by atoms with Gasteiger partial charge in [0.2, 0.25) is 0 Å². The number of benzene rings is 1. The van der Waals surface area contributed by atoms with E-state index in [2.05, 4.69) is 10.6 Å². The maximum Gasteiger partial charge on any atom is 0.326 e. The summed E-state index contributed by atoms with van der Waals surface area (Å²) in [6, 6.07) is 4.50. The van der Waals surface area contributed by atoms with Gasteiger partial charge in [-0.25, -0.2) is 9.59 Å². The van der Waals surface area contributed by atoms with Gasteiger partial charge in [0.1, 0.15) is 6.04 Å². The first-order valence-corrected chi connectivity index (χ1v) is 6.52. The predicted molar refractivity (Wildman–Crippen MR) is 72.3 cm³/mol. The van der Waals surface area contributed by atoms with Gasteiger partial charge in [0, 0.05) is 5.69 Å². The largest absolute Gasteiger partial charge is 0.480 e. The molecule has 0 radical (unpaired) electrons. The van der Waals surface area contributed by atoms with Gasteiger partial charge >= 0.3 is 12.0 Å². The van der Waals surface area contributed by atoms with Gasteiger partial charge in [0.05, 0.1) is 0 Å². The predicted octanol–water partition coefficient (Wildman–Crippen LogP) is 2.16. The Hall–Kier alpha value is -2.04. The second kappa shape index (κ2) is 5.73. The number of carbonyl (C=O) groups excluding carboxylic acids is 1. The third-order valence-electron chi connectivity index (χ3n) is 3.37. The van der Waals surface area contributed by atoms with Crippen molar-refractivity contribution >= 4 is 17.7 Å². The van der Waals surface area contributed by atoms with Crippen LogP contribution in [-0.4, -0.2) is 23.1 Å². The molecule has 1 atom stereocenters. The Bertz CT molecular complexity index is 499. The molecular formula is C14H18N2O3. The molecule has 1 aromatic rings. The van der Waals surface area contributed by atoms with Crippen LogP contribution in [0, 0.1) is 0 Å². The van der Waals surface area contributed by atoms with Gasteiger partial charge in [-0.2, -0.15) is 0 Å². The minimum atomic E-state index is -1.02. The van der Waals surface area contributed by atoms with E-state index >= 15 is 0 Å². The highest BCUT2D eigenvalue weighted by molar-refractivity contribution is 5.92. The molecule has 1 aliphatic rings. The second-order valence-electron chi connectivity index (χ2n) is 4.73. The van der Waals surface area contributed by atoms with Crippen LogP contribution in [0.15, 0.2) is 18.2 Å². The summed E-state index contributed by atoms with van der Waals surface area (Å²) in [5.74, 6) is -1.02. The zero-order valence-electron chi connectivity index (χ0n) is 10.9. The quantitative estimate of drug-likeness (QED) is 0.778. The van der Waals surface area contributed by atoms with Crippen molar-refractivity contribution < 1.29 is 14.7 Å². The van der Waals surface area contributed by atoms with Crippen molar-refractivity contribution in [3.63, 3.8) is 0 Å². The van der Waals surface area contributed by atoms with Gasteiger partial charge in [-0.3, -0.25) is 0 Å². The molecule has 0 bridgehead atoms. The van der Waals surface area contributed by atoms with Crippen LogP contribution < -0.4 is 10.6 Å². The molecule has 2 rings (SSSR count). The summed E-state index contributed by atoms with van der Waals surface area (Å²) in [6.07, 6.45) is 3.65. The lowest BCUT2D eigenvalue weighted by molar-refractivity contribution is -0.139. The molecule has 0 spiro atoms. The molecule has 0 aromatic heterocycles. The first-order chi connectivity index (χ1) is 9.10. The molecular weight excluding hydrogens is 244 g/mol. The number of hydrogen-bond acceptors (Lipinski definition) is 2. The number of amides is 2. The second-order valence-corrected chi connectivity index (χ2v) is 4.73. The Morgan fingerprint density at radius 1 is 1.32 bits per heavy atom. The third-order valence-corrected chi connectivity index (χ3v) is 3.37. The summed E-state index contributed by atoms with van der Waals surface area (Å²) in [6.45, 7) is 1.72. The highest BCUT2D eigenvalue weighted by Crippen LogP contribution is 2.24. The average molecular weight is 262 g/mol. The van der Waals surface area contributed by atoms with Crippen LogP contribution in [0.1, 0.15) is 30.9 Å². The highest BCUT2D eigenvalue weighted by atomic mass is 16.4. The van der Waals surface area contributed by atoms with E-state index in [1.165, 1.54) is 11.1 Å². The van der Waals surface area contributed by atoms with Gasteiger partial charge < -0.3 is 15.7 Å². The lowest BCUT2D eigenvalue weighted by atomic mass is 10.1. The number of rotatable bonds is 4. The van der Waals surface area contributed by atoms with Crippen LogP contribution in [0.4, 0.5) is 10.5 Å². The maximum absolute atomic E-state index is 11.7. The normalized spacial score (nSPS) is 14.6. The SMILES string of the molecule is CC[C@H](NC(=O)Nc1ccc2c(c1)CCC2)C(=O)O. The van der Waals surface area contributed by atoms with Gasteiger partial charge in [-0.05, 0) is 48.9 Å². The van der Waals surface area contributed by atoms with E-state index in [-0.39, 0.29) is 0 Å². The fourth-order valence-electron chi connectivity index (χ4n) is 2.31. The van der Waals surface area contributed by atoms with E-state index < -0.39 is 18.0 Å². The van der Waals surface area contributed by atoms with Crippen LogP contribution in [-0.2, 0) is 17.6 Å². The zero-order chi connectivity index (χ0) is 13.8. The van der Waals surface area contributed by atoms with E-state index in [1.54, 1.807) is 6.92 Å². The Labute approximate surface area is 112 Å². The Morgan fingerprint density at radius 3 is 2.74 bits per heavy atom.